The molecule has 1 heterocycles. The van der Waals surface area contributed by atoms with E-state index in [2.05, 4.69) is 9.97 Å². The molecule has 1 aromatic heterocycles. The van der Waals surface area contributed by atoms with Crippen LogP contribution in [0.5, 0.6) is 5.75 Å². The van der Waals surface area contributed by atoms with Crippen molar-refractivity contribution in [1.82, 2.24) is 9.97 Å². The zero-order valence-electron chi connectivity index (χ0n) is 10.5. The molecule has 0 amide bonds. The van der Waals surface area contributed by atoms with Crippen LogP contribution in [0.2, 0.25) is 0 Å². The molecule has 94 valence electrons. The molecule has 0 atom stereocenters. The molecule has 18 heavy (non-hydrogen) atoms. The highest BCUT2D eigenvalue weighted by Crippen LogP contribution is 2.35. The van der Waals surface area contributed by atoms with E-state index in [0.717, 1.165) is 5.56 Å². The summed E-state index contributed by atoms with van der Waals surface area (Å²) in [5, 5.41) is 19.5. The predicted molar refractivity (Wildman–Crippen MR) is 69.1 cm³/mol. The van der Waals surface area contributed by atoms with Crippen molar-refractivity contribution < 1.29 is 10.2 Å². The van der Waals surface area contributed by atoms with E-state index in [-0.39, 0.29) is 18.3 Å². The number of phenols is 1. The van der Waals surface area contributed by atoms with Gasteiger partial charge in [-0.15, -0.1) is 0 Å². The van der Waals surface area contributed by atoms with Crippen LogP contribution >= 0.6 is 0 Å². The maximum Gasteiger partial charge on any atom is 0.128 e. The van der Waals surface area contributed by atoms with Crippen LogP contribution in [-0.4, -0.2) is 20.2 Å². The summed E-state index contributed by atoms with van der Waals surface area (Å²) in [6.07, 6.45) is 3.08. The van der Waals surface area contributed by atoms with Crippen molar-refractivity contribution in [3.63, 3.8) is 0 Å². The van der Waals surface area contributed by atoms with E-state index in [1.54, 1.807) is 12.3 Å². The first-order valence-corrected chi connectivity index (χ1v) is 5.88. The van der Waals surface area contributed by atoms with Crippen LogP contribution in [0.15, 0.2) is 30.6 Å². The van der Waals surface area contributed by atoms with Crippen LogP contribution in [-0.2, 0) is 6.61 Å². The number of aromatic hydroxyl groups is 1. The SMILES string of the molecule is CC(C)c1cccc(-c2nccnc2CO)c1O. The van der Waals surface area contributed by atoms with Crippen LogP contribution < -0.4 is 0 Å². The summed E-state index contributed by atoms with van der Waals surface area (Å²) in [5.41, 5.74) is 2.47. The van der Waals surface area contributed by atoms with E-state index in [0.29, 0.717) is 17.0 Å². The Morgan fingerprint density at radius 3 is 2.56 bits per heavy atom. The first-order valence-electron chi connectivity index (χ1n) is 5.88. The second kappa shape index (κ2) is 5.14. The van der Waals surface area contributed by atoms with Gasteiger partial charge >= 0.3 is 0 Å². The maximum absolute atomic E-state index is 10.3. The van der Waals surface area contributed by atoms with E-state index >= 15 is 0 Å². The number of hydrogen-bond donors (Lipinski definition) is 2. The lowest BCUT2D eigenvalue weighted by atomic mass is 9.97. The van der Waals surface area contributed by atoms with Gasteiger partial charge < -0.3 is 10.2 Å². The Morgan fingerprint density at radius 1 is 1.17 bits per heavy atom. The van der Waals surface area contributed by atoms with Gasteiger partial charge in [0, 0.05) is 18.0 Å². The van der Waals surface area contributed by atoms with Gasteiger partial charge in [-0.3, -0.25) is 9.97 Å². The van der Waals surface area contributed by atoms with Crippen LogP contribution in [0, 0.1) is 0 Å². The third kappa shape index (κ3) is 2.19. The number of nitrogens with zero attached hydrogens (tertiary/aromatic N) is 2. The van der Waals surface area contributed by atoms with E-state index < -0.39 is 0 Å². The molecule has 4 nitrogen and oxygen atoms in total. The van der Waals surface area contributed by atoms with E-state index in [9.17, 15) is 10.2 Å². The van der Waals surface area contributed by atoms with Gasteiger partial charge in [0.25, 0.3) is 0 Å². The van der Waals surface area contributed by atoms with Crippen LogP contribution in [0.25, 0.3) is 11.3 Å². The van der Waals surface area contributed by atoms with Crippen LogP contribution in [0.3, 0.4) is 0 Å². The number of aliphatic hydroxyl groups excluding tert-OH is 1. The summed E-state index contributed by atoms with van der Waals surface area (Å²) >= 11 is 0. The molecule has 2 rings (SSSR count). The lowest BCUT2D eigenvalue weighted by Crippen LogP contribution is -1.98. The van der Waals surface area contributed by atoms with Crippen molar-refractivity contribution in [2.45, 2.75) is 26.4 Å². The van der Waals surface area contributed by atoms with Crippen molar-refractivity contribution in [2.24, 2.45) is 0 Å². The third-order valence-corrected chi connectivity index (χ3v) is 2.87. The first kappa shape index (κ1) is 12.5. The molecular formula is C14H16N2O2. The fourth-order valence-corrected chi connectivity index (χ4v) is 1.93. The summed E-state index contributed by atoms with van der Waals surface area (Å²) in [5.74, 6) is 0.432. The summed E-state index contributed by atoms with van der Waals surface area (Å²) in [6.45, 7) is 3.83. The molecule has 2 aromatic rings. The zero-order chi connectivity index (χ0) is 13.1. The topological polar surface area (TPSA) is 66.2 Å². The Balaban J connectivity index is 2.61. The molecule has 0 aliphatic heterocycles. The highest BCUT2D eigenvalue weighted by atomic mass is 16.3. The average Bonchev–Trinajstić information content (AvgIpc) is 2.38. The van der Waals surface area contributed by atoms with Gasteiger partial charge in [0.05, 0.1) is 18.0 Å². The number of aromatic nitrogens is 2. The van der Waals surface area contributed by atoms with Crippen LogP contribution in [0.4, 0.5) is 0 Å². The number of aliphatic hydroxyl groups is 1. The zero-order valence-corrected chi connectivity index (χ0v) is 10.5. The monoisotopic (exact) mass is 244 g/mol. The van der Waals surface area contributed by atoms with Gasteiger partial charge in [-0.05, 0) is 17.5 Å². The Labute approximate surface area is 106 Å². The number of hydrogen-bond acceptors (Lipinski definition) is 4. The second-order valence-corrected chi connectivity index (χ2v) is 4.41. The van der Waals surface area contributed by atoms with Crippen molar-refractivity contribution in [3.8, 4) is 17.0 Å². The third-order valence-electron chi connectivity index (χ3n) is 2.87. The molecule has 0 aliphatic carbocycles. The lowest BCUT2D eigenvalue weighted by Gasteiger charge is -2.13. The average molecular weight is 244 g/mol. The Morgan fingerprint density at radius 2 is 1.89 bits per heavy atom. The molecule has 4 heteroatoms. The molecule has 0 fully saturated rings. The van der Waals surface area contributed by atoms with Gasteiger partial charge in [0.15, 0.2) is 0 Å². The molecule has 0 radical (unpaired) electrons. The molecular weight excluding hydrogens is 228 g/mol. The Bertz CT molecular complexity index is 553. The van der Waals surface area contributed by atoms with E-state index in [4.69, 9.17) is 0 Å². The lowest BCUT2D eigenvalue weighted by molar-refractivity contribution is 0.277. The molecule has 0 unspecified atom stereocenters. The highest BCUT2D eigenvalue weighted by molar-refractivity contribution is 5.70. The first-order chi connectivity index (χ1) is 8.65. The molecule has 0 saturated carbocycles. The molecule has 0 saturated heterocycles. The summed E-state index contributed by atoms with van der Waals surface area (Å²) in [6, 6.07) is 5.54. The van der Waals surface area contributed by atoms with Gasteiger partial charge in [-0.2, -0.15) is 0 Å². The molecule has 1 aromatic carbocycles. The fraction of sp³-hybridized carbons (Fsp3) is 0.286. The largest absolute Gasteiger partial charge is 0.507 e. The molecule has 0 spiro atoms. The quantitative estimate of drug-likeness (QED) is 0.870. The van der Waals surface area contributed by atoms with Crippen molar-refractivity contribution in [3.05, 3.63) is 41.9 Å². The predicted octanol–water partition coefficient (Wildman–Crippen LogP) is 2.46. The number of phenolic OH excluding ortho intramolecular Hbond substituents is 1. The number of rotatable bonds is 3. The molecule has 0 bridgehead atoms. The number of benzene rings is 1. The highest BCUT2D eigenvalue weighted by Gasteiger charge is 2.15. The summed E-state index contributed by atoms with van der Waals surface area (Å²) in [4.78, 5) is 8.26. The normalized spacial score (nSPS) is 10.9. The van der Waals surface area contributed by atoms with Gasteiger partial charge in [-0.1, -0.05) is 26.0 Å². The second-order valence-electron chi connectivity index (χ2n) is 4.41. The minimum atomic E-state index is -0.200. The van der Waals surface area contributed by atoms with E-state index in [1.807, 2.05) is 26.0 Å². The van der Waals surface area contributed by atoms with Crippen molar-refractivity contribution in [2.75, 3.05) is 0 Å². The van der Waals surface area contributed by atoms with E-state index in [1.165, 1.54) is 6.20 Å². The number of para-hydroxylation sites is 1. The van der Waals surface area contributed by atoms with Gasteiger partial charge in [0.2, 0.25) is 0 Å². The summed E-state index contributed by atoms with van der Waals surface area (Å²) in [7, 11) is 0. The smallest absolute Gasteiger partial charge is 0.128 e. The van der Waals surface area contributed by atoms with Gasteiger partial charge in [0.1, 0.15) is 5.75 Å². The minimum Gasteiger partial charge on any atom is -0.507 e. The van der Waals surface area contributed by atoms with Gasteiger partial charge in [-0.25, -0.2) is 0 Å². The minimum absolute atomic E-state index is 0.200. The Hall–Kier alpha value is -1.94. The maximum atomic E-state index is 10.3. The van der Waals surface area contributed by atoms with Crippen LogP contribution in [0.1, 0.15) is 31.0 Å². The summed E-state index contributed by atoms with van der Waals surface area (Å²) < 4.78 is 0. The molecule has 0 aliphatic rings. The molecule has 2 N–H and O–H groups in total. The standard InChI is InChI=1S/C14H16N2O2/c1-9(2)10-4-3-5-11(14(10)18)13-12(8-17)15-6-7-16-13/h3-7,9,17-18H,8H2,1-2H3. The fourth-order valence-electron chi connectivity index (χ4n) is 1.93. The van der Waals surface area contributed by atoms with Crippen molar-refractivity contribution in [1.29, 1.82) is 0 Å². The Kier molecular flexibility index (Phi) is 3.58. The van der Waals surface area contributed by atoms with Crippen molar-refractivity contribution >= 4 is 0 Å².